The number of halogens is 2. The summed E-state index contributed by atoms with van der Waals surface area (Å²) in [4.78, 5) is 12.6. The van der Waals surface area contributed by atoms with Crippen LogP contribution >= 0.6 is 0 Å². The molecule has 1 atom stereocenters. The zero-order chi connectivity index (χ0) is 18.7. The summed E-state index contributed by atoms with van der Waals surface area (Å²) in [5.74, 6) is -2.07. The summed E-state index contributed by atoms with van der Waals surface area (Å²) in [5.41, 5.74) is 1.32. The van der Waals surface area contributed by atoms with Gasteiger partial charge in [-0.3, -0.25) is 4.79 Å². The van der Waals surface area contributed by atoms with Crippen molar-refractivity contribution >= 4 is 5.91 Å². The van der Waals surface area contributed by atoms with Gasteiger partial charge in [0, 0.05) is 0 Å². The SMILES string of the molecule is COc1cn(-c2ccccc2)nc1C(=O)N[C@@H](C)c1ccc(F)c(F)c1. The molecule has 134 valence electrons. The Bertz CT molecular complexity index is 926. The van der Waals surface area contributed by atoms with E-state index in [4.69, 9.17) is 4.74 Å². The number of carbonyl (C=O) groups excluding carboxylic acids is 1. The van der Waals surface area contributed by atoms with E-state index in [0.717, 1.165) is 17.8 Å². The van der Waals surface area contributed by atoms with Gasteiger partial charge in [0.25, 0.3) is 5.91 Å². The van der Waals surface area contributed by atoms with Gasteiger partial charge in [0.05, 0.1) is 25.0 Å². The molecular formula is C19H17F2N3O2. The van der Waals surface area contributed by atoms with E-state index in [-0.39, 0.29) is 5.69 Å². The summed E-state index contributed by atoms with van der Waals surface area (Å²) in [6.07, 6.45) is 1.60. The quantitative estimate of drug-likeness (QED) is 0.758. The first-order chi connectivity index (χ1) is 12.5. The number of nitrogens with one attached hydrogen (secondary N) is 1. The van der Waals surface area contributed by atoms with E-state index in [1.54, 1.807) is 13.1 Å². The van der Waals surface area contributed by atoms with Crippen molar-refractivity contribution < 1.29 is 18.3 Å². The number of nitrogens with zero attached hydrogens (tertiary/aromatic N) is 2. The Labute approximate surface area is 149 Å². The maximum atomic E-state index is 13.4. The second-order valence-electron chi connectivity index (χ2n) is 5.69. The van der Waals surface area contributed by atoms with Crippen molar-refractivity contribution in [1.29, 1.82) is 0 Å². The molecule has 0 fully saturated rings. The van der Waals surface area contributed by atoms with Crippen LogP contribution in [0.4, 0.5) is 8.78 Å². The highest BCUT2D eigenvalue weighted by Gasteiger charge is 2.21. The van der Waals surface area contributed by atoms with E-state index in [1.165, 1.54) is 17.9 Å². The summed E-state index contributed by atoms with van der Waals surface area (Å²) < 4.78 is 33.2. The van der Waals surface area contributed by atoms with Gasteiger partial charge in [-0.05, 0) is 36.8 Å². The second-order valence-corrected chi connectivity index (χ2v) is 5.69. The van der Waals surface area contributed by atoms with Crippen LogP contribution in [0.3, 0.4) is 0 Å². The zero-order valence-corrected chi connectivity index (χ0v) is 14.2. The van der Waals surface area contributed by atoms with E-state index < -0.39 is 23.6 Å². The first kappa shape index (κ1) is 17.6. The summed E-state index contributed by atoms with van der Waals surface area (Å²) in [6.45, 7) is 1.67. The van der Waals surface area contributed by atoms with Crippen LogP contribution in [0.25, 0.3) is 5.69 Å². The molecule has 0 saturated carbocycles. The van der Waals surface area contributed by atoms with Crippen LogP contribution in [0.5, 0.6) is 5.75 Å². The fourth-order valence-corrected chi connectivity index (χ4v) is 2.51. The van der Waals surface area contributed by atoms with Gasteiger partial charge in [-0.2, -0.15) is 5.10 Å². The molecule has 1 N–H and O–H groups in total. The average Bonchev–Trinajstić information content (AvgIpc) is 3.09. The number of hydrogen-bond acceptors (Lipinski definition) is 3. The van der Waals surface area contributed by atoms with Gasteiger partial charge in [0.2, 0.25) is 0 Å². The minimum absolute atomic E-state index is 0.103. The number of aromatic nitrogens is 2. The topological polar surface area (TPSA) is 56.2 Å². The lowest BCUT2D eigenvalue weighted by molar-refractivity contribution is 0.0931. The molecule has 3 rings (SSSR count). The molecular weight excluding hydrogens is 340 g/mol. The molecule has 0 bridgehead atoms. The van der Waals surface area contributed by atoms with Gasteiger partial charge in [-0.25, -0.2) is 13.5 Å². The minimum Gasteiger partial charge on any atom is -0.493 e. The number of para-hydroxylation sites is 1. The van der Waals surface area contributed by atoms with Crippen molar-refractivity contribution in [3.63, 3.8) is 0 Å². The summed E-state index contributed by atoms with van der Waals surface area (Å²) in [5, 5.41) is 6.99. The molecule has 1 heterocycles. The summed E-state index contributed by atoms with van der Waals surface area (Å²) in [7, 11) is 1.45. The molecule has 2 aromatic carbocycles. The molecule has 1 aromatic heterocycles. The number of benzene rings is 2. The van der Waals surface area contributed by atoms with Gasteiger partial charge in [-0.15, -0.1) is 0 Å². The van der Waals surface area contributed by atoms with Gasteiger partial charge >= 0.3 is 0 Å². The van der Waals surface area contributed by atoms with E-state index >= 15 is 0 Å². The van der Waals surface area contributed by atoms with Crippen molar-refractivity contribution in [2.45, 2.75) is 13.0 Å². The maximum Gasteiger partial charge on any atom is 0.276 e. The third-order valence-electron chi connectivity index (χ3n) is 3.93. The van der Waals surface area contributed by atoms with Gasteiger partial charge in [0.1, 0.15) is 0 Å². The number of methoxy groups -OCH3 is 1. The lowest BCUT2D eigenvalue weighted by atomic mass is 10.1. The summed E-state index contributed by atoms with van der Waals surface area (Å²) in [6, 6.07) is 12.2. The van der Waals surface area contributed by atoms with Crippen LogP contribution in [-0.4, -0.2) is 22.8 Å². The Kier molecular flexibility index (Phi) is 4.97. The van der Waals surface area contributed by atoms with Gasteiger partial charge < -0.3 is 10.1 Å². The molecule has 7 heteroatoms. The maximum absolute atomic E-state index is 13.4. The number of carbonyl (C=O) groups is 1. The average molecular weight is 357 g/mol. The number of ether oxygens (including phenoxy) is 1. The summed E-state index contributed by atoms with van der Waals surface area (Å²) >= 11 is 0. The third kappa shape index (κ3) is 3.56. The highest BCUT2D eigenvalue weighted by atomic mass is 19.2. The molecule has 0 aliphatic carbocycles. The van der Waals surface area contributed by atoms with Crippen LogP contribution in [0.2, 0.25) is 0 Å². The predicted octanol–water partition coefficient (Wildman–Crippen LogP) is 3.65. The highest BCUT2D eigenvalue weighted by molar-refractivity contribution is 5.95. The number of rotatable bonds is 5. The third-order valence-corrected chi connectivity index (χ3v) is 3.93. The van der Waals surface area contributed by atoms with Crippen LogP contribution in [0, 0.1) is 11.6 Å². The number of hydrogen-bond donors (Lipinski definition) is 1. The molecule has 0 radical (unpaired) electrons. The fraction of sp³-hybridized carbons (Fsp3) is 0.158. The normalized spacial score (nSPS) is 11.8. The first-order valence-corrected chi connectivity index (χ1v) is 7.94. The standard InChI is InChI=1S/C19H17F2N3O2/c1-12(13-8-9-15(20)16(21)10-13)22-19(25)18-17(26-2)11-24(23-18)14-6-4-3-5-7-14/h3-12H,1-2H3,(H,22,25)/t12-/m0/s1. The van der Waals surface area contributed by atoms with Crippen LogP contribution < -0.4 is 10.1 Å². The zero-order valence-electron chi connectivity index (χ0n) is 14.2. The van der Waals surface area contributed by atoms with E-state index in [0.29, 0.717) is 11.3 Å². The van der Waals surface area contributed by atoms with E-state index in [1.807, 2.05) is 30.3 Å². The monoisotopic (exact) mass is 357 g/mol. The van der Waals surface area contributed by atoms with Crippen molar-refractivity contribution in [2.24, 2.45) is 0 Å². The van der Waals surface area contributed by atoms with Crippen LogP contribution in [0.15, 0.2) is 54.7 Å². The Morgan fingerprint density at radius 3 is 2.54 bits per heavy atom. The van der Waals surface area contributed by atoms with Gasteiger partial charge in [-0.1, -0.05) is 24.3 Å². The lowest BCUT2D eigenvalue weighted by Gasteiger charge is -2.14. The smallest absolute Gasteiger partial charge is 0.276 e. The van der Waals surface area contributed by atoms with Crippen molar-refractivity contribution in [1.82, 2.24) is 15.1 Å². The Balaban J connectivity index is 1.83. The van der Waals surface area contributed by atoms with Crippen molar-refractivity contribution in [2.75, 3.05) is 7.11 Å². The van der Waals surface area contributed by atoms with Crippen molar-refractivity contribution in [3.05, 3.63) is 77.6 Å². The molecule has 0 saturated heterocycles. The molecule has 0 aliphatic heterocycles. The molecule has 1 amide bonds. The van der Waals surface area contributed by atoms with Gasteiger partial charge in [0.15, 0.2) is 23.1 Å². The molecule has 3 aromatic rings. The van der Waals surface area contributed by atoms with E-state index in [2.05, 4.69) is 10.4 Å². The predicted molar refractivity (Wildman–Crippen MR) is 92.4 cm³/mol. The van der Waals surface area contributed by atoms with E-state index in [9.17, 15) is 13.6 Å². The second kappa shape index (κ2) is 7.35. The minimum atomic E-state index is -0.963. The fourth-order valence-electron chi connectivity index (χ4n) is 2.51. The lowest BCUT2D eigenvalue weighted by Crippen LogP contribution is -2.27. The van der Waals surface area contributed by atoms with Crippen LogP contribution in [0.1, 0.15) is 29.0 Å². The largest absolute Gasteiger partial charge is 0.493 e. The molecule has 0 aliphatic rings. The first-order valence-electron chi connectivity index (χ1n) is 7.94. The highest BCUT2D eigenvalue weighted by Crippen LogP contribution is 2.21. The molecule has 26 heavy (non-hydrogen) atoms. The molecule has 0 unspecified atom stereocenters. The Morgan fingerprint density at radius 1 is 1.15 bits per heavy atom. The Morgan fingerprint density at radius 2 is 1.88 bits per heavy atom. The van der Waals surface area contributed by atoms with Crippen molar-refractivity contribution in [3.8, 4) is 11.4 Å². The van der Waals surface area contributed by atoms with Crippen LogP contribution in [-0.2, 0) is 0 Å². The molecule has 5 nitrogen and oxygen atoms in total. The number of amides is 1. The Hall–Kier alpha value is -3.22. The molecule has 0 spiro atoms.